The molecule has 1 amide bonds. The van der Waals surface area contributed by atoms with Crippen LogP contribution in [0.3, 0.4) is 0 Å². The predicted molar refractivity (Wildman–Crippen MR) is 85.7 cm³/mol. The first-order chi connectivity index (χ1) is 8.51. The van der Waals surface area contributed by atoms with E-state index in [1.807, 2.05) is 7.05 Å². The average molecular weight is 368 g/mol. The van der Waals surface area contributed by atoms with Crippen molar-refractivity contribution in [2.75, 3.05) is 7.05 Å². The average Bonchev–Trinajstić information content (AvgIpc) is 2.74. The molecule has 0 radical (unpaired) electrons. The van der Waals surface area contributed by atoms with E-state index in [4.69, 9.17) is 5.73 Å². The Bertz CT molecular complexity index is 432. The first-order valence-corrected chi connectivity index (χ1v) is 7.96. The number of carbonyl (C=O) groups is 1. The summed E-state index contributed by atoms with van der Waals surface area (Å²) in [6, 6.07) is 2.05. The van der Waals surface area contributed by atoms with Crippen LogP contribution < -0.4 is 5.73 Å². The van der Waals surface area contributed by atoms with Crippen LogP contribution in [0.25, 0.3) is 0 Å². The fourth-order valence-electron chi connectivity index (χ4n) is 2.55. The Labute approximate surface area is 133 Å². The van der Waals surface area contributed by atoms with Gasteiger partial charge in [-0.25, -0.2) is 0 Å². The van der Waals surface area contributed by atoms with E-state index >= 15 is 0 Å². The quantitative estimate of drug-likeness (QED) is 0.888. The molecule has 0 spiro atoms. The van der Waals surface area contributed by atoms with Gasteiger partial charge in [-0.05, 0) is 45.8 Å². The zero-order chi connectivity index (χ0) is 13.2. The molecule has 2 rings (SSSR count). The number of likely N-dealkylation sites (N-methyl/N-ethyl adjacent to an activating group) is 1. The van der Waals surface area contributed by atoms with Gasteiger partial charge in [-0.2, -0.15) is 0 Å². The Morgan fingerprint density at radius 1 is 1.47 bits per heavy atom. The van der Waals surface area contributed by atoms with Gasteiger partial charge in [-0.15, -0.1) is 23.7 Å². The van der Waals surface area contributed by atoms with E-state index in [2.05, 4.69) is 27.4 Å². The van der Waals surface area contributed by atoms with Crippen molar-refractivity contribution in [2.45, 2.75) is 44.2 Å². The highest BCUT2D eigenvalue weighted by Crippen LogP contribution is 2.28. The summed E-state index contributed by atoms with van der Waals surface area (Å²) in [5.74, 6) is 0.0875. The Morgan fingerprint density at radius 2 is 2.11 bits per heavy atom. The third-order valence-electron chi connectivity index (χ3n) is 3.56. The summed E-state index contributed by atoms with van der Waals surface area (Å²) in [5, 5.41) is 2.07. The molecule has 0 atom stereocenters. The number of hydrogen-bond donors (Lipinski definition) is 1. The highest BCUT2D eigenvalue weighted by atomic mass is 79.9. The highest BCUT2D eigenvalue weighted by Gasteiger charge is 2.37. The van der Waals surface area contributed by atoms with Crippen LogP contribution in [0, 0.1) is 0 Å². The van der Waals surface area contributed by atoms with E-state index in [0.717, 1.165) is 35.0 Å². The van der Waals surface area contributed by atoms with Crippen LogP contribution in [0.15, 0.2) is 15.2 Å². The van der Waals surface area contributed by atoms with Gasteiger partial charge in [0, 0.05) is 13.6 Å². The Balaban J connectivity index is 0.00000180. The number of thiophene rings is 1. The second-order valence-electron chi connectivity index (χ2n) is 5.14. The molecule has 0 aromatic carbocycles. The van der Waals surface area contributed by atoms with Gasteiger partial charge in [0.15, 0.2) is 0 Å². The van der Waals surface area contributed by atoms with E-state index in [-0.39, 0.29) is 18.3 Å². The maximum absolute atomic E-state index is 12.4. The Kier molecular flexibility index (Phi) is 6.30. The fourth-order valence-corrected chi connectivity index (χ4v) is 3.75. The molecule has 0 saturated heterocycles. The topological polar surface area (TPSA) is 46.3 Å². The predicted octanol–water partition coefficient (Wildman–Crippen LogP) is 3.55. The number of amides is 1. The molecule has 2 N–H and O–H groups in total. The van der Waals surface area contributed by atoms with Gasteiger partial charge in [-0.1, -0.05) is 19.3 Å². The fraction of sp³-hybridized carbons (Fsp3) is 0.615. The maximum atomic E-state index is 12.4. The minimum absolute atomic E-state index is 0. The van der Waals surface area contributed by atoms with Crippen molar-refractivity contribution in [3.63, 3.8) is 0 Å². The molecule has 1 fully saturated rings. The normalized spacial score (nSPS) is 17.6. The van der Waals surface area contributed by atoms with Crippen molar-refractivity contribution in [3.8, 4) is 0 Å². The van der Waals surface area contributed by atoms with E-state index in [9.17, 15) is 4.79 Å². The minimum atomic E-state index is -0.625. The molecule has 6 heteroatoms. The van der Waals surface area contributed by atoms with Gasteiger partial charge in [0.2, 0.25) is 5.91 Å². The molecule has 1 saturated carbocycles. The molecule has 0 aliphatic heterocycles. The lowest BCUT2D eigenvalue weighted by Gasteiger charge is -2.35. The number of nitrogens with zero attached hydrogens (tertiary/aromatic N) is 1. The number of halogens is 2. The maximum Gasteiger partial charge on any atom is 0.242 e. The van der Waals surface area contributed by atoms with Gasteiger partial charge in [0.05, 0.1) is 9.33 Å². The van der Waals surface area contributed by atoms with Crippen molar-refractivity contribution in [3.05, 3.63) is 20.8 Å². The number of rotatable bonds is 3. The summed E-state index contributed by atoms with van der Waals surface area (Å²) in [6.45, 7) is 0.639. The molecule has 1 heterocycles. The Hall–Kier alpha value is -0.100. The van der Waals surface area contributed by atoms with Crippen LogP contribution in [0.5, 0.6) is 0 Å². The third kappa shape index (κ3) is 4.18. The third-order valence-corrected chi connectivity index (χ3v) is 5.11. The summed E-state index contributed by atoms with van der Waals surface area (Å²) in [6.07, 6.45) is 4.99. The highest BCUT2D eigenvalue weighted by molar-refractivity contribution is 9.11. The number of carbonyl (C=O) groups excluding carboxylic acids is 1. The minimum Gasteiger partial charge on any atom is -0.340 e. The second kappa shape index (κ2) is 7.07. The largest absolute Gasteiger partial charge is 0.340 e. The van der Waals surface area contributed by atoms with Crippen LogP contribution in [-0.2, 0) is 11.3 Å². The van der Waals surface area contributed by atoms with Gasteiger partial charge >= 0.3 is 0 Å². The van der Waals surface area contributed by atoms with E-state index < -0.39 is 5.54 Å². The Morgan fingerprint density at radius 3 is 2.63 bits per heavy atom. The zero-order valence-electron chi connectivity index (χ0n) is 11.0. The van der Waals surface area contributed by atoms with Crippen molar-refractivity contribution < 1.29 is 4.79 Å². The molecule has 3 nitrogen and oxygen atoms in total. The van der Waals surface area contributed by atoms with E-state index in [1.54, 1.807) is 16.2 Å². The van der Waals surface area contributed by atoms with Crippen molar-refractivity contribution in [1.29, 1.82) is 0 Å². The van der Waals surface area contributed by atoms with E-state index in [1.165, 1.54) is 6.42 Å². The molecule has 19 heavy (non-hydrogen) atoms. The van der Waals surface area contributed by atoms with Gasteiger partial charge in [0.25, 0.3) is 0 Å². The van der Waals surface area contributed by atoms with Gasteiger partial charge in [0.1, 0.15) is 0 Å². The second-order valence-corrected chi connectivity index (χ2v) is 7.43. The number of nitrogens with two attached hydrogens (primary N) is 1. The lowest BCUT2D eigenvalue weighted by atomic mass is 9.81. The van der Waals surface area contributed by atoms with Gasteiger partial charge < -0.3 is 10.6 Å². The summed E-state index contributed by atoms with van der Waals surface area (Å²) in [7, 11) is 1.84. The lowest BCUT2D eigenvalue weighted by Crippen LogP contribution is -2.55. The summed E-state index contributed by atoms with van der Waals surface area (Å²) >= 11 is 5.08. The molecular formula is C13H20BrClN2OS. The van der Waals surface area contributed by atoms with Gasteiger partial charge in [-0.3, -0.25) is 4.79 Å². The summed E-state index contributed by atoms with van der Waals surface area (Å²) < 4.78 is 1.10. The molecule has 108 valence electrons. The molecule has 1 aliphatic rings. The molecule has 0 bridgehead atoms. The van der Waals surface area contributed by atoms with Crippen molar-refractivity contribution in [2.24, 2.45) is 5.73 Å². The first kappa shape index (κ1) is 17.0. The van der Waals surface area contributed by atoms with Crippen LogP contribution in [-0.4, -0.2) is 23.4 Å². The standard InChI is InChI=1S/C13H19BrN2OS.ClH/c1-16(8-10-7-11(14)18-9-10)12(17)13(15)5-3-2-4-6-13;/h7,9H,2-6,8,15H2,1H3;1H. The van der Waals surface area contributed by atoms with Crippen molar-refractivity contribution in [1.82, 2.24) is 4.90 Å². The monoisotopic (exact) mass is 366 g/mol. The summed E-state index contributed by atoms with van der Waals surface area (Å²) in [5.41, 5.74) is 6.79. The van der Waals surface area contributed by atoms with Crippen LogP contribution in [0.4, 0.5) is 0 Å². The van der Waals surface area contributed by atoms with Crippen LogP contribution in [0.1, 0.15) is 37.7 Å². The molecule has 0 unspecified atom stereocenters. The molecule has 1 aromatic rings. The number of hydrogen-bond acceptors (Lipinski definition) is 3. The van der Waals surface area contributed by atoms with E-state index in [0.29, 0.717) is 6.54 Å². The SMILES string of the molecule is CN(Cc1csc(Br)c1)C(=O)C1(N)CCCCC1.Cl. The molecule has 1 aromatic heterocycles. The first-order valence-electron chi connectivity index (χ1n) is 6.29. The molecular weight excluding hydrogens is 348 g/mol. The van der Waals surface area contributed by atoms with Crippen molar-refractivity contribution >= 4 is 45.6 Å². The summed E-state index contributed by atoms with van der Waals surface area (Å²) in [4.78, 5) is 14.2. The van der Waals surface area contributed by atoms with Crippen LogP contribution in [0.2, 0.25) is 0 Å². The smallest absolute Gasteiger partial charge is 0.242 e. The molecule has 1 aliphatic carbocycles. The van der Waals surface area contributed by atoms with Crippen LogP contribution >= 0.6 is 39.7 Å². The lowest BCUT2D eigenvalue weighted by molar-refractivity contribution is -0.137. The zero-order valence-corrected chi connectivity index (χ0v) is 14.2.